The minimum atomic E-state index is -1.10. The molecule has 0 spiro atoms. The molecule has 0 bridgehead atoms. The summed E-state index contributed by atoms with van der Waals surface area (Å²) in [5, 5.41) is 4.98. The first-order valence-corrected chi connectivity index (χ1v) is 19.8. The summed E-state index contributed by atoms with van der Waals surface area (Å²) < 4.78 is -1.60. The van der Waals surface area contributed by atoms with E-state index < -0.39 is 25.1 Å². The number of fused-ring (bicyclic) bond motifs is 2. The Morgan fingerprint density at radius 3 is 0.938 bits per heavy atom. The summed E-state index contributed by atoms with van der Waals surface area (Å²) in [6.45, 7) is 0. The standard InChI is InChI=1S/C44H34Cl2P2/c45-43(47(35-19-5-1-6-20-35)36-21-7-2-8-22-36)31-29-33-17-13-15-27-39(33)41(43)42-40-28-16-14-18-34(40)30-32-44(42,46)48(37-23-9-3-10-24-37)38-25-11-4-12-26-38/h1-32,41-42H. The number of hydrogen-bond acceptors (Lipinski definition) is 0. The molecule has 6 aromatic rings. The van der Waals surface area contributed by atoms with Crippen molar-refractivity contribution in [2.75, 3.05) is 0 Å². The van der Waals surface area contributed by atoms with E-state index in [1.165, 1.54) is 43.5 Å². The van der Waals surface area contributed by atoms with Gasteiger partial charge in [-0.3, -0.25) is 0 Å². The van der Waals surface area contributed by atoms with Crippen LogP contribution in [-0.4, -0.2) is 9.23 Å². The van der Waals surface area contributed by atoms with Crippen LogP contribution in [0, 0.1) is 0 Å². The molecule has 234 valence electrons. The van der Waals surface area contributed by atoms with Crippen LogP contribution >= 0.6 is 39.0 Å². The summed E-state index contributed by atoms with van der Waals surface area (Å²) in [6.07, 6.45) is 9.10. The van der Waals surface area contributed by atoms with E-state index in [0.717, 1.165) is 0 Å². The Labute approximate surface area is 296 Å². The minimum Gasteiger partial charge on any atom is -0.108 e. The van der Waals surface area contributed by atoms with Gasteiger partial charge in [0.05, 0.1) is 9.23 Å². The lowest BCUT2D eigenvalue weighted by Gasteiger charge is -2.53. The Kier molecular flexibility index (Phi) is 8.71. The molecule has 0 N–H and O–H groups in total. The molecule has 0 saturated carbocycles. The highest BCUT2D eigenvalue weighted by Crippen LogP contribution is 2.71. The van der Waals surface area contributed by atoms with Gasteiger partial charge in [0, 0.05) is 11.8 Å². The predicted molar refractivity (Wildman–Crippen MR) is 212 cm³/mol. The van der Waals surface area contributed by atoms with Crippen molar-refractivity contribution < 1.29 is 0 Å². The summed E-state index contributed by atoms with van der Waals surface area (Å²) in [5.74, 6) is -0.319. The van der Waals surface area contributed by atoms with Gasteiger partial charge in [-0.1, -0.05) is 194 Å². The van der Waals surface area contributed by atoms with E-state index in [0.29, 0.717) is 0 Å². The van der Waals surface area contributed by atoms with Crippen molar-refractivity contribution in [1.82, 2.24) is 0 Å². The summed E-state index contributed by atoms with van der Waals surface area (Å²) >= 11 is 17.0. The summed E-state index contributed by atoms with van der Waals surface area (Å²) in [7, 11) is -2.19. The van der Waals surface area contributed by atoms with Crippen molar-refractivity contribution >= 4 is 72.4 Å². The van der Waals surface area contributed by atoms with E-state index in [-0.39, 0.29) is 11.8 Å². The highest BCUT2D eigenvalue weighted by Gasteiger charge is 2.58. The molecule has 4 heteroatoms. The summed E-state index contributed by atoms with van der Waals surface area (Å²) in [5.41, 5.74) is 4.88. The van der Waals surface area contributed by atoms with Gasteiger partial charge in [-0.05, 0) is 59.3 Å². The van der Waals surface area contributed by atoms with Gasteiger partial charge in [0.1, 0.15) is 0 Å². The predicted octanol–water partition coefficient (Wildman–Crippen LogP) is 10.7. The van der Waals surface area contributed by atoms with E-state index in [4.69, 9.17) is 23.2 Å². The SMILES string of the molecule is ClC1(P(c2ccccc2)c2ccccc2)C=Cc2ccccc2C1C1c2ccccc2C=CC1(Cl)P(c1ccccc1)c1ccccc1. The molecule has 48 heavy (non-hydrogen) atoms. The van der Waals surface area contributed by atoms with Gasteiger partial charge in [0.15, 0.2) is 0 Å². The zero-order chi connectivity index (χ0) is 32.6. The van der Waals surface area contributed by atoms with Crippen LogP contribution in [0.3, 0.4) is 0 Å². The normalized spacial score (nSPS) is 22.8. The Morgan fingerprint density at radius 2 is 0.625 bits per heavy atom. The number of rotatable bonds is 7. The highest BCUT2D eigenvalue weighted by atomic mass is 35.5. The number of hydrogen-bond donors (Lipinski definition) is 0. The van der Waals surface area contributed by atoms with Gasteiger partial charge < -0.3 is 0 Å². The maximum Gasteiger partial charge on any atom is 0.0979 e. The van der Waals surface area contributed by atoms with E-state index >= 15 is 0 Å². The van der Waals surface area contributed by atoms with Crippen molar-refractivity contribution in [2.24, 2.45) is 0 Å². The molecule has 4 unspecified atom stereocenters. The molecule has 0 fully saturated rings. The summed E-state index contributed by atoms with van der Waals surface area (Å²) in [6, 6.07) is 61.0. The second-order valence-corrected chi connectivity index (χ2v) is 19.0. The van der Waals surface area contributed by atoms with Crippen LogP contribution in [0.4, 0.5) is 0 Å². The van der Waals surface area contributed by atoms with Gasteiger partial charge in [0.25, 0.3) is 0 Å². The van der Waals surface area contributed by atoms with Gasteiger partial charge in [-0.25, -0.2) is 0 Å². The highest BCUT2D eigenvalue weighted by molar-refractivity contribution is 7.76. The Balaban J connectivity index is 1.44. The molecule has 0 heterocycles. The van der Waals surface area contributed by atoms with Crippen molar-refractivity contribution in [3.63, 3.8) is 0 Å². The molecule has 0 radical (unpaired) electrons. The fourth-order valence-electron chi connectivity index (χ4n) is 7.60. The smallest absolute Gasteiger partial charge is 0.0979 e. The third-order valence-electron chi connectivity index (χ3n) is 9.60. The third-order valence-corrected chi connectivity index (χ3v) is 16.8. The van der Waals surface area contributed by atoms with Crippen LogP contribution in [0.2, 0.25) is 0 Å². The Bertz CT molecular complexity index is 1850. The zero-order valence-corrected chi connectivity index (χ0v) is 29.6. The van der Waals surface area contributed by atoms with Crippen LogP contribution in [0.25, 0.3) is 12.2 Å². The molecule has 8 rings (SSSR count). The molecule has 0 nitrogen and oxygen atoms in total. The van der Waals surface area contributed by atoms with Gasteiger partial charge in [-0.15, -0.1) is 23.2 Å². The first kappa shape index (κ1) is 31.5. The fourth-order valence-corrected chi connectivity index (χ4v) is 15.0. The van der Waals surface area contributed by atoms with Crippen LogP contribution in [0.1, 0.15) is 34.1 Å². The number of halogens is 2. The maximum atomic E-state index is 8.49. The lowest BCUT2D eigenvalue weighted by molar-refractivity contribution is 0.507. The van der Waals surface area contributed by atoms with Crippen molar-refractivity contribution in [3.05, 3.63) is 204 Å². The second-order valence-electron chi connectivity index (χ2n) is 12.3. The first-order chi connectivity index (χ1) is 23.6. The molecular formula is C44H34Cl2P2. The lowest BCUT2D eigenvalue weighted by atomic mass is 9.70. The summed E-state index contributed by atoms with van der Waals surface area (Å²) in [4.78, 5) is 0. The third kappa shape index (κ3) is 5.50. The lowest BCUT2D eigenvalue weighted by Crippen LogP contribution is -2.46. The number of benzene rings is 6. The average molecular weight is 696 g/mol. The molecule has 0 aromatic heterocycles. The molecule has 4 atom stereocenters. The van der Waals surface area contributed by atoms with Gasteiger partial charge >= 0.3 is 0 Å². The minimum absolute atomic E-state index is 0.159. The van der Waals surface area contributed by atoms with Crippen LogP contribution in [0.5, 0.6) is 0 Å². The largest absolute Gasteiger partial charge is 0.108 e. The maximum absolute atomic E-state index is 8.49. The van der Waals surface area contributed by atoms with Crippen LogP contribution in [0.15, 0.2) is 182 Å². The molecule has 2 aliphatic rings. The Morgan fingerprint density at radius 1 is 0.354 bits per heavy atom. The first-order valence-electron chi connectivity index (χ1n) is 16.3. The number of allylic oxidation sites excluding steroid dienone is 2. The van der Waals surface area contributed by atoms with Gasteiger partial charge in [-0.2, -0.15) is 0 Å². The van der Waals surface area contributed by atoms with Gasteiger partial charge in [0.2, 0.25) is 0 Å². The van der Waals surface area contributed by atoms with Crippen molar-refractivity contribution in [2.45, 2.75) is 21.1 Å². The topological polar surface area (TPSA) is 0 Å². The van der Waals surface area contributed by atoms with Crippen LogP contribution < -0.4 is 21.2 Å². The quantitative estimate of drug-likeness (QED) is 0.115. The average Bonchev–Trinajstić information content (AvgIpc) is 3.14. The van der Waals surface area contributed by atoms with E-state index in [1.54, 1.807) is 0 Å². The van der Waals surface area contributed by atoms with E-state index in [2.05, 4.69) is 194 Å². The van der Waals surface area contributed by atoms with E-state index in [1.807, 2.05) is 0 Å². The van der Waals surface area contributed by atoms with Crippen molar-refractivity contribution in [1.29, 1.82) is 0 Å². The van der Waals surface area contributed by atoms with E-state index in [9.17, 15) is 0 Å². The second kappa shape index (κ2) is 13.3. The molecule has 0 saturated heterocycles. The van der Waals surface area contributed by atoms with Crippen molar-refractivity contribution in [3.8, 4) is 0 Å². The Hall–Kier alpha value is -3.76. The molecule has 0 aliphatic heterocycles. The number of alkyl halides is 2. The monoisotopic (exact) mass is 694 g/mol. The zero-order valence-electron chi connectivity index (χ0n) is 26.3. The van der Waals surface area contributed by atoms with Crippen LogP contribution in [-0.2, 0) is 0 Å². The molecular weight excluding hydrogens is 661 g/mol. The molecule has 0 amide bonds. The fraction of sp³-hybridized carbons (Fsp3) is 0.0909. The molecule has 2 aliphatic carbocycles. The molecule has 6 aromatic carbocycles.